The molecule has 186 valence electrons. The first-order valence-electron chi connectivity index (χ1n) is 10.9. The van der Waals surface area contributed by atoms with E-state index < -0.39 is 48.5 Å². The van der Waals surface area contributed by atoms with E-state index in [0.29, 0.717) is 23.8 Å². The van der Waals surface area contributed by atoms with Gasteiger partial charge in [-0.2, -0.15) is 18.3 Å². The van der Waals surface area contributed by atoms with Crippen LogP contribution in [0, 0.1) is 12.8 Å². The largest absolute Gasteiger partial charge is 0.419 e. The van der Waals surface area contributed by atoms with Crippen LogP contribution < -0.4 is 5.32 Å². The molecule has 1 N–H and O–H groups in total. The minimum atomic E-state index is -4.58. The number of rotatable bonds is 5. The summed E-state index contributed by atoms with van der Waals surface area (Å²) in [5.41, 5.74) is 0.278. The fourth-order valence-electron chi connectivity index (χ4n) is 4.21. The lowest BCUT2D eigenvalue weighted by Crippen LogP contribution is -2.57. The van der Waals surface area contributed by atoms with E-state index in [1.807, 2.05) is 0 Å². The van der Waals surface area contributed by atoms with Gasteiger partial charge in [-0.15, -0.1) is 0 Å². The van der Waals surface area contributed by atoms with Crippen LogP contribution in [0.4, 0.5) is 27.9 Å². The molecule has 3 heterocycles. The molecule has 1 amide bonds. The van der Waals surface area contributed by atoms with Gasteiger partial charge in [0.2, 0.25) is 5.95 Å². The highest BCUT2D eigenvalue weighted by Crippen LogP contribution is 2.35. The number of para-hydroxylation sites is 1. The number of benzene rings is 1. The van der Waals surface area contributed by atoms with Gasteiger partial charge in [0.15, 0.2) is 0 Å². The second-order valence-corrected chi connectivity index (χ2v) is 8.63. The van der Waals surface area contributed by atoms with Gasteiger partial charge in [-0.05, 0) is 31.0 Å². The molecule has 3 aromatic rings. The van der Waals surface area contributed by atoms with E-state index in [1.165, 1.54) is 10.7 Å². The zero-order valence-electron chi connectivity index (χ0n) is 18.9. The number of carbonyl (C=O) groups excluding carboxylic acids is 1. The van der Waals surface area contributed by atoms with Gasteiger partial charge in [0.1, 0.15) is 5.69 Å². The Morgan fingerprint density at radius 2 is 1.83 bits per heavy atom. The van der Waals surface area contributed by atoms with E-state index in [4.69, 9.17) is 0 Å². The normalized spacial score (nSPS) is 20.0. The van der Waals surface area contributed by atoms with Crippen LogP contribution in [0.2, 0.25) is 0 Å². The minimum absolute atomic E-state index is 0.0210. The zero-order valence-corrected chi connectivity index (χ0v) is 18.9. The molecule has 0 bridgehead atoms. The van der Waals surface area contributed by atoms with Crippen molar-refractivity contribution in [2.24, 2.45) is 5.92 Å². The Morgan fingerprint density at radius 3 is 2.46 bits per heavy atom. The predicted molar refractivity (Wildman–Crippen MR) is 117 cm³/mol. The number of alkyl halides is 5. The molecule has 12 heteroatoms. The van der Waals surface area contributed by atoms with Crippen LogP contribution in [0.5, 0.6) is 0 Å². The summed E-state index contributed by atoms with van der Waals surface area (Å²) in [5, 5.41) is 7.14. The molecule has 7 nitrogen and oxygen atoms in total. The second-order valence-electron chi connectivity index (χ2n) is 8.63. The molecule has 2 aromatic heterocycles. The number of halogens is 5. The summed E-state index contributed by atoms with van der Waals surface area (Å²) in [6, 6.07) is 9.70. The maximum Gasteiger partial charge on any atom is 0.419 e. The number of carbonyl (C=O) groups is 1. The van der Waals surface area contributed by atoms with Gasteiger partial charge in [-0.1, -0.05) is 25.1 Å². The van der Waals surface area contributed by atoms with Crippen LogP contribution >= 0.6 is 0 Å². The zero-order chi connectivity index (χ0) is 25.4. The molecule has 0 aliphatic carbocycles. The number of aromatic nitrogens is 4. The Morgan fingerprint density at radius 1 is 1.17 bits per heavy atom. The first-order valence-corrected chi connectivity index (χ1v) is 10.9. The summed E-state index contributed by atoms with van der Waals surface area (Å²) in [6.07, 6.45) is -3.74. The monoisotopic (exact) mass is 494 g/mol. The summed E-state index contributed by atoms with van der Waals surface area (Å²) < 4.78 is 68.8. The number of piperidine rings is 1. The first kappa shape index (κ1) is 24.6. The second kappa shape index (κ2) is 9.23. The Labute approximate surface area is 198 Å². The van der Waals surface area contributed by atoms with Gasteiger partial charge in [-0.3, -0.25) is 4.79 Å². The number of anilines is 1. The van der Waals surface area contributed by atoms with Crippen LogP contribution in [-0.2, 0) is 6.18 Å². The third-order valence-corrected chi connectivity index (χ3v) is 5.84. The molecule has 4 rings (SSSR count). The molecule has 0 unspecified atom stereocenters. The van der Waals surface area contributed by atoms with Gasteiger partial charge in [0, 0.05) is 25.4 Å². The molecule has 0 spiro atoms. The van der Waals surface area contributed by atoms with Crippen LogP contribution in [0.15, 0.2) is 48.8 Å². The Hall–Kier alpha value is -3.57. The minimum Gasteiger partial charge on any atom is -0.352 e. The van der Waals surface area contributed by atoms with E-state index >= 15 is 0 Å². The molecule has 2 atom stereocenters. The van der Waals surface area contributed by atoms with Crippen molar-refractivity contribution >= 4 is 11.9 Å². The van der Waals surface area contributed by atoms with Gasteiger partial charge in [0.05, 0.1) is 29.5 Å². The molecule has 1 aliphatic rings. The van der Waals surface area contributed by atoms with E-state index in [0.717, 1.165) is 4.90 Å². The van der Waals surface area contributed by atoms with Crippen molar-refractivity contribution in [2.45, 2.75) is 38.4 Å². The van der Waals surface area contributed by atoms with Crippen molar-refractivity contribution in [2.75, 3.05) is 18.4 Å². The molecule has 0 radical (unpaired) electrons. The maximum absolute atomic E-state index is 14.5. The molecular weight excluding hydrogens is 471 g/mol. The van der Waals surface area contributed by atoms with Crippen molar-refractivity contribution < 1.29 is 26.7 Å². The van der Waals surface area contributed by atoms with E-state index in [2.05, 4.69) is 20.4 Å². The molecular formula is C23H23F5N6O. The lowest BCUT2D eigenvalue weighted by molar-refractivity contribution is -0.138. The van der Waals surface area contributed by atoms with Crippen molar-refractivity contribution in [1.29, 1.82) is 0 Å². The average molecular weight is 494 g/mol. The number of nitrogens with zero attached hydrogens (tertiary/aromatic N) is 5. The van der Waals surface area contributed by atoms with Crippen LogP contribution in [-0.4, -0.2) is 55.6 Å². The van der Waals surface area contributed by atoms with E-state index in [-0.39, 0.29) is 18.2 Å². The van der Waals surface area contributed by atoms with Gasteiger partial charge >= 0.3 is 6.18 Å². The molecule has 1 fully saturated rings. The number of hydrogen-bond acceptors (Lipinski definition) is 5. The fourth-order valence-corrected chi connectivity index (χ4v) is 4.21. The Bertz CT molecular complexity index is 1180. The fraction of sp³-hybridized carbons (Fsp3) is 0.391. The van der Waals surface area contributed by atoms with Gasteiger partial charge in [-0.25, -0.2) is 23.4 Å². The summed E-state index contributed by atoms with van der Waals surface area (Å²) in [6.45, 7) is 2.49. The number of amides is 1. The quantitative estimate of drug-likeness (QED) is 0.526. The summed E-state index contributed by atoms with van der Waals surface area (Å²) >= 11 is 0. The lowest BCUT2D eigenvalue weighted by atomic mass is 9.88. The highest BCUT2D eigenvalue weighted by atomic mass is 19.4. The standard InChI is InChI=1S/C23H23F5N6O/c1-14-9-22(24,25)13-33(19(14)12-31-21-29-10-16(11-30-21)23(26,27)28)20(35)18-8-15(2)32-34(18)17-6-4-3-5-7-17/h3-8,10-11,14,19H,9,12-13H2,1-2H3,(H,29,30,31)/t14-,19-/m1/s1. The third kappa shape index (κ3) is 5.41. The molecule has 1 aromatic carbocycles. The summed E-state index contributed by atoms with van der Waals surface area (Å²) in [7, 11) is 0. The highest BCUT2D eigenvalue weighted by Gasteiger charge is 2.46. The SMILES string of the molecule is Cc1cc(C(=O)N2CC(F)(F)C[C@@H](C)[C@H]2CNc2ncc(C(F)(F)F)cn2)n(-c2ccccc2)n1. The van der Waals surface area contributed by atoms with Gasteiger partial charge < -0.3 is 10.2 Å². The number of nitrogens with one attached hydrogen (secondary N) is 1. The van der Waals surface area contributed by atoms with E-state index in [9.17, 15) is 26.7 Å². The van der Waals surface area contributed by atoms with Crippen molar-refractivity contribution in [3.05, 3.63) is 65.7 Å². The smallest absolute Gasteiger partial charge is 0.352 e. The van der Waals surface area contributed by atoms with Gasteiger partial charge in [0.25, 0.3) is 11.8 Å². The summed E-state index contributed by atoms with van der Waals surface area (Å²) in [5.74, 6) is -4.43. The molecule has 1 saturated heterocycles. The maximum atomic E-state index is 14.5. The average Bonchev–Trinajstić information content (AvgIpc) is 3.19. The van der Waals surface area contributed by atoms with Crippen LogP contribution in [0.3, 0.4) is 0 Å². The topological polar surface area (TPSA) is 75.9 Å². The first-order chi connectivity index (χ1) is 16.4. The predicted octanol–water partition coefficient (Wildman–Crippen LogP) is 4.59. The van der Waals surface area contributed by atoms with Crippen LogP contribution in [0.1, 0.15) is 35.1 Å². The molecule has 35 heavy (non-hydrogen) atoms. The number of aryl methyl sites for hydroxylation is 1. The molecule has 0 saturated carbocycles. The number of likely N-dealkylation sites (tertiary alicyclic amines) is 1. The third-order valence-electron chi connectivity index (χ3n) is 5.84. The highest BCUT2D eigenvalue weighted by molar-refractivity contribution is 5.93. The molecule has 1 aliphatic heterocycles. The van der Waals surface area contributed by atoms with Crippen molar-refractivity contribution in [1.82, 2.24) is 24.6 Å². The lowest BCUT2D eigenvalue weighted by Gasteiger charge is -2.43. The summed E-state index contributed by atoms with van der Waals surface area (Å²) in [4.78, 5) is 22.0. The van der Waals surface area contributed by atoms with Crippen LogP contribution in [0.25, 0.3) is 5.69 Å². The van der Waals surface area contributed by atoms with Crippen molar-refractivity contribution in [3.63, 3.8) is 0 Å². The Kier molecular flexibility index (Phi) is 6.48. The number of hydrogen-bond donors (Lipinski definition) is 1. The van der Waals surface area contributed by atoms with Crippen molar-refractivity contribution in [3.8, 4) is 5.69 Å². The Balaban J connectivity index is 1.60. The van der Waals surface area contributed by atoms with E-state index in [1.54, 1.807) is 44.2 Å².